The molecule has 2 fully saturated rings. The number of hydrogen-bond acceptors (Lipinski definition) is 4. The maximum absolute atomic E-state index is 12.1. The minimum Gasteiger partial charge on any atom is -0.381 e. The van der Waals surface area contributed by atoms with Gasteiger partial charge in [-0.2, -0.15) is 0 Å². The number of hydrogen-bond donors (Lipinski definition) is 1. The van der Waals surface area contributed by atoms with Gasteiger partial charge < -0.3 is 9.90 Å². The molecule has 17 heavy (non-hydrogen) atoms. The predicted octanol–water partition coefficient (Wildman–Crippen LogP) is 1.19. The van der Waals surface area contributed by atoms with Gasteiger partial charge in [-0.1, -0.05) is 0 Å². The second kappa shape index (κ2) is 4.33. The van der Waals surface area contributed by atoms with E-state index in [0.29, 0.717) is 51.4 Å². The summed E-state index contributed by atoms with van der Waals surface area (Å²) in [6.07, 6.45) is 4.45. The lowest BCUT2D eigenvalue weighted by atomic mass is 9.61. The van der Waals surface area contributed by atoms with E-state index in [4.69, 9.17) is 0 Å². The lowest BCUT2D eigenvalue weighted by Crippen LogP contribution is -2.55. The first-order valence-corrected chi connectivity index (χ1v) is 6.29. The Morgan fingerprint density at radius 3 is 2.65 bits per heavy atom. The number of aldehydes is 1. The molecule has 2 saturated carbocycles. The van der Waals surface area contributed by atoms with Crippen LogP contribution in [0, 0.1) is 5.41 Å². The van der Waals surface area contributed by atoms with Gasteiger partial charge in [0, 0.05) is 19.3 Å². The molecular weight excluding hydrogens is 220 g/mol. The maximum Gasteiger partial charge on any atom is 0.165 e. The molecule has 0 bridgehead atoms. The van der Waals surface area contributed by atoms with E-state index in [-0.39, 0.29) is 11.6 Å². The Balaban J connectivity index is 2.27. The topological polar surface area (TPSA) is 71.4 Å². The van der Waals surface area contributed by atoms with Crippen LogP contribution in [0.25, 0.3) is 0 Å². The van der Waals surface area contributed by atoms with Crippen molar-refractivity contribution in [3.63, 3.8) is 0 Å². The largest absolute Gasteiger partial charge is 0.381 e. The van der Waals surface area contributed by atoms with E-state index in [9.17, 15) is 19.5 Å². The number of ketones is 2. The number of fused-ring (bicyclic) bond motifs is 1. The van der Waals surface area contributed by atoms with Gasteiger partial charge in [0.25, 0.3) is 0 Å². The van der Waals surface area contributed by atoms with Crippen LogP contribution < -0.4 is 0 Å². The van der Waals surface area contributed by atoms with Gasteiger partial charge in [-0.25, -0.2) is 0 Å². The molecule has 0 radical (unpaired) electrons. The van der Waals surface area contributed by atoms with Gasteiger partial charge in [0.15, 0.2) is 5.78 Å². The van der Waals surface area contributed by atoms with Crippen molar-refractivity contribution < 1.29 is 19.5 Å². The van der Waals surface area contributed by atoms with E-state index in [1.807, 2.05) is 0 Å². The van der Waals surface area contributed by atoms with Crippen LogP contribution >= 0.6 is 0 Å². The summed E-state index contributed by atoms with van der Waals surface area (Å²) in [5.74, 6) is -0.167. The van der Waals surface area contributed by atoms with Gasteiger partial charge in [-0.05, 0) is 32.1 Å². The highest BCUT2D eigenvalue weighted by molar-refractivity contribution is 6.01. The van der Waals surface area contributed by atoms with Crippen LogP contribution in [-0.4, -0.2) is 28.6 Å². The number of rotatable bonds is 4. The summed E-state index contributed by atoms with van der Waals surface area (Å²) in [5, 5.41) is 10.5. The van der Waals surface area contributed by atoms with Crippen LogP contribution in [0.15, 0.2) is 0 Å². The Bertz CT molecular complexity index is 362. The summed E-state index contributed by atoms with van der Waals surface area (Å²) < 4.78 is 0. The zero-order valence-electron chi connectivity index (χ0n) is 9.91. The van der Waals surface area contributed by atoms with Gasteiger partial charge in [-0.15, -0.1) is 0 Å². The first kappa shape index (κ1) is 12.4. The second-order valence-electron chi connectivity index (χ2n) is 5.20. The van der Waals surface area contributed by atoms with Crippen molar-refractivity contribution in [2.75, 3.05) is 0 Å². The molecule has 1 N–H and O–H groups in total. The van der Waals surface area contributed by atoms with Crippen molar-refractivity contribution in [1.82, 2.24) is 0 Å². The monoisotopic (exact) mass is 238 g/mol. The molecule has 94 valence electrons. The minimum absolute atomic E-state index is 0.0167. The van der Waals surface area contributed by atoms with E-state index in [0.717, 1.165) is 6.29 Å². The number of aliphatic hydroxyl groups is 1. The molecule has 0 aromatic rings. The third-order valence-electron chi connectivity index (χ3n) is 4.43. The number of carbonyl (C=O) groups excluding carboxylic acids is 3. The zero-order chi connectivity index (χ0) is 12.5. The molecule has 0 amide bonds. The van der Waals surface area contributed by atoms with E-state index >= 15 is 0 Å². The summed E-state index contributed by atoms with van der Waals surface area (Å²) in [6, 6.07) is 0. The highest BCUT2D eigenvalue weighted by Crippen LogP contribution is 2.54. The molecule has 0 aromatic heterocycles. The van der Waals surface area contributed by atoms with Crippen LogP contribution in [0.3, 0.4) is 0 Å². The molecule has 0 spiro atoms. The summed E-state index contributed by atoms with van der Waals surface area (Å²) >= 11 is 0. The van der Waals surface area contributed by atoms with Gasteiger partial charge in [0.2, 0.25) is 0 Å². The molecule has 0 aromatic carbocycles. The van der Waals surface area contributed by atoms with Crippen molar-refractivity contribution >= 4 is 17.9 Å². The highest BCUT2D eigenvalue weighted by Gasteiger charge is 2.63. The molecule has 0 heterocycles. The van der Waals surface area contributed by atoms with E-state index in [1.54, 1.807) is 0 Å². The molecule has 2 aliphatic rings. The fourth-order valence-electron chi connectivity index (χ4n) is 3.46. The fraction of sp³-hybridized carbons (Fsp3) is 0.769. The Hall–Kier alpha value is -1.03. The van der Waals surface area contributed by atoms with Crippen molar-refractivity contribution in [1.29, 1.82) is 0 Å². The molecule has 4 heteroatoms. The SMILES string of the molecule is O=CCCC[C@@]12CCC(=O)[C@]1(O)CCCC2=O. The summed E-state index contributed by atoms with van der Waals surface area (Å²) in [4.78, 5) is 34.3. The molecule has 2 rings (SSSR count). The number of Topliss-reactive ketones (excluding diaryl/α,β-unsaturated/α-hetero) is 2. The Morgan fingerprint density at radius 2 is 1.94 bits per heavy atom. The molecule has 2 aliphatic carbocycles. The number of unbranched alkanes of at least 4 members (excludes halogenated alkanes) is 1. The molecular formula is C13H18O4. The quantitative estimate of drug-likeness (QED) is 0.590. The average molecular weight is 238 g/mol. The van der Waals surface area contributed by atoms with E-state index in [1.165, 1.54) is 0 Å². The van der Waals surface area contributed by atoms with Crippen LogP contribution in [0.4, 0.5) is 0 Å². The normalized spacial score (nSPS) is 37.0. The lowest BCUT2D eigenvalue weighted by Gasteiger charge is -2.43. The Kier molecular flexibility index (Phi) is 3.17. The molecule has 0 saturated heterocycles. The Morgan fingerprint density at radius 1 is 1.18 bits per heavy atom. The molecule has 4 nitrogen and oxygen atoms in total. The fourth-order valence-corrected chi connectivity index (χ4v) is 3.46. The minimum atomic E-state index is -1.44. The Labute approximate surface area is 100 Å². The van der Waals surface area contributed by atoms with Crippen molar-refractivity contribution in [3.8, 4) is 0 Å². The maximum atomic E-state index is 12.1. The van der Waals surface area contributed by atoms with Gasteiger partial charge in [0.1, 0.15) is 17.7 Å². The summed E-state index contributed by atoms with van der Waals surface area (Å²) in [6.45, 7) is 0. The second-order valence-corrected chi connectivity index (χ2v) is 5.20. The van der Waals surface area contributed by atoms with Crippen molar-refractivity contribution in [2.24, 2.45) is 5.41 Å². The van der Waals surface area contributed by atoms with E-state index in [2.05, 4.69) is 0 Å². The predicted molar refractivity (Wildman–Crippen MR) is 60.4 cm³/mol. The highest BCUT2D eigenvalue weighted by atomic mass is 16.3. The van der Waals surface area contributed by atoms with Crippen LogP contribution in [0.2, 0.25) is 0 Å². The third kappa shape index (κ3) is 1.66. The molecule has 0 unspecified atom stereocenters. The van der Waals surface area contributed by atoms with Gasteiger partial charge in [-0.3, -0.25) is 9.59 Å². The van der Waals surface area contributed by atoms with Gasteiger partial charge >= 0.3 is 0 Å². The lowest BCUT2D eigenvalue weighted by molar-refractivity contribution is -0.163. The molecule has 2 atom stereocenters. The zero-order valence-corrected chi connectivity index (χ0v) is 9.91. The first-order valence-electron chi connectivity index (χ1n) is 6.29. The van der Waals surface area contributed by atoms with Crippen LogP contribution in [0.1, 0.15) is 51.4 Å². The van der Waals surface area contributed by atoms with Crippen molar-refractivity contribution in [2.45, 2.75) is 57.0 Å². The third-order valence-corrected chi connectivity index (χ3v) is 4.43. The average Bonchev–Trinajstić information content (AvgIpc) is 2.56. The van der Waals surface area contributed by atoms with Gasteiger partial charge in [0.05, 0.1) is 5.41 Å². The van der Waals surface area contributed by atoms with E-state index < -0.39 is 11.0 Å². The van der Waals surface area contributed by atoms with Crippen LogP contribution in [0.5, 0.6) is 0 Å². The summed E-state index contributed by atoms with van der Waals surface area (Å²) in [5.41, 5.74) is -2.32. The van der Waals surface area contributed by atoms with Crippen LogP contribution in [-0.2, 0) is 14.4 Å². The standard InChI is InChI=1S/C13H18O4/c14-9-2-1-6-12-8-5-11(16)13(12,17)7-3-4-10(12)15/h9,17H,1-8H2/t12-,13+/m0/s1. The smallest absolute Gasteiger partial charge is 0.165 e. The first-order chi connectivity index (χ1) is 8.07. The number of carbonyl (C=O) groups is 3. The molecule has 0 aliphatic heterocycles. The summed E-state index contributed by atoms with van der Waals surface area (Å²) in [7, 11) is 0. The van der Waals surface area contributed by atoms with Crippen molar-refractivity contribution in [3.05, 3.63) is 0 Å².